The minimum atomic E-state index is -5.54. The molecule has 2 amide bonds. The van der Waals surface area contributed by atoms with E-state index in [4.69, 9.17) is 0 Å². The fourth-order valence-corrected chi connectivity index (χ4v) is 6.76. The fourth-order valence-electron chi connectivity index (χ4n) is 6.47. The van der Waals surface area contributed by atoms with Crippen LogP contribution in [0.3, 0.4) is 0 Å². The van der Waals surface area contributed by atoms with E-state index in [1.54, 1.807) is 25.1 Å². The molecule has 9 nitrogen and oxygen atoms in total. The number of rotatable bonds is 9. The molecule has 0 spiro atoms. The molecular formula is C33H34F4N3Na2O6P. The maximum Gasteiger partial charge on any atom is 1.00 e. The predicted octanol–water partition coefficient (Wildman–Crippen LogP) is 0.0929. The van der Waals surface area contributed by atoms with Crippen molar-refractivity contribution in [3.8, 4) is 0 Å². The van der Waals surface area contributed by atoms with Crippen molar-refractivity contribution in [1.82, 2.24) is 4.90 Å². The van der Waals surface area contributed by atoms with E-state index in [2.05, 4.69) is 15.2 Å². The van der Waals surface area contributed by atoms with Gasteiger partial charge in [0.15, 0.2) is 0 Å². The number of halogens is 4. The van der Waals surface area contributed by atoms with E-state index in [-0.39, 0.29) is 76.9 Å². The zero-order valence-corrected chi connectivity index (χ0v) is 32.4. The van der Waals surface area contributed by atoms with Crippen molar-refractivity contribution in [2.45, 2.75) is 70.3 Å². The maximum atomic E-state index is 15.0. The van der Waals surface area contributed by atoms with Gasteiger partial charge < -0.3 is 34.4 Å². The average Bonchev–Trinajstić information content (AvgIpc) is 3.52. The van der Waals surface area contributed by atoms with Gasteiger partial charge in [0.1, 0.15) is 5.82 Å². The first kappa shape index (κ1) is 41.6. The number of alkyl halides is 3. The molecule has 252 valence electrons. The quantitative estimate of drug-likeness (QED) is 0.182. The number of amides is 2. The topological polar surface area (TPSA) is 134 Å². The molecular weight excluding hydrogens is 687 g/mol. The smallest absolute Gasteiger partial charge is 0.790 e. The Morgan fingerprint density at radius 1 is 0.959 bits per heavy atom. The van der Waals surface area contributed by atoms with Crippen molar-refractivity contribution in [3.63, 3.8) is 0 Å². The number of piperidine rings is 1. The number of nitrogens with zero attached hydrogens (tertiary/aromatic N) is 1. The molecule has 16 heteroatoms. The van der Waals surface area contributed by atoms with Crippen molar-refractivity contribution in [2.24, 2.45) is 5.92 Å². The van der Waals surface area contributed by atoms with E-state index in [1.165, 1.54) is 17.0 Å². The number of carbonyl (C=O) groups excluding carboxylic acids is 2. The molecule has 0 unspecified atom stereocenters. The van der Waals surface area contributed by atoms with Gasteiger partial charge in [-0.15, -0.1) is 0 Å². The summed E-state index contributed by atoms with van der Waals surface area (Å²) >= 11 is 0. The molecule has 2 atom stereocenters. The SMILES string of the molecule is Cc1cccc(F)c1C(=O)N1CCC[C@H](C(=O)Nc2ccc(COP(=O)([O-])[O-])c(C(F)(F)F)c2)[C@@H]1c1ccc(NC2CCCC2)cc1.[Na+].[Na+]. The van der Waals surface area contributed by atoms with Crippen LogP contribution in [0.4, 0.5) is 28.9 Å². The van der Waals surface area contributed by atoms with Crippen LogP contribution in [0.1, 0.15) is 77.2 Å². The van der Waals surface area contributed by atoms with Crippen LogP contribution in [0.2, 0.25) is 0 Å². The van der Waals surface area contributed by atoms with Gasteiger partial charge in [-0.05, 0) is 79.6 Å². The second kappa shape index (κ2) is 17.6. The van der Waals surface area contributed by atoms with Gasteiger partial charge in [-0.2, -0.15) is 13.2 Å². The Labute approximate surface area is 326 Å². The van der Waals surface area contributed by atoms with Gasteiger partial charge in [0.25, 0.3) is 5.91 Å². The van der Waals surface area contributed by atoms with Crippen LogP contribution in [0.5, 0.6) is 0 Å². The molecule has 5 rings (SSSR count). The summed E-state index contributed by atoms with van der Waals surface area (Å²) in [6.45, 7) is 0.707. The average molecular weight is 722 g/mol. The van der Waals surface area contributed by atoms with Gasteiger partial charge in [-0.25, -0.2) is 4.39 Å². The van der Waals surface area contributed by atoms with Crippen LogP contribution in [0.15, 0.2) is 60.7 Å². The molecule has 2 aliphatic rings. The second-order valence-electron chi connectivity index (χ2n) is 12.0. The first-order chi connectivity index (χ1) is 22.2. The molecule has 3 aromatic carbocycles. The van der Waals surface area contributed by atoms with E-state index in [0.717, 1.165) is 43.5 Å². The number of nitrogens with one attached hydrogen (secondary N) is 2. The molecule has 2 fully saturated rings. The maximum absolute atomic E-state index is 15.0. The van der Waals surface area contributed by atoms with Crippen LogP contribution < -0.4 is 79.5 Å². The monoisotopic (exact) mass is 721 g/mol. The van der Waals surface area contributed by atoms with Gasteiger partial charge in [0.05, 0.1) is 37.5 Å². The van der Waals surface area contributed by atoms with Crippen molar-refractivity contribution in [1.29, 1.82) is 0 Å². The number of phosphoric acid groups is 1. The van der Waals surface area contributed by atoms with Crippen molar-refractivity contribution < 1.29 is 105 Å². The number of aryl methyl sites for hydroxylation is 1. The van der Waals surface area contributed by atoms with Crippen LogP contribution in [-0.4, -0.2) is 29.3 Å². The van der Waals surface area contributed by atoms with E-state index in [0.29, 0.717) is 36.1 Å². The predicted molar refractivity (Wildman–Crippen MR) is 162 cm³/mol. The standard InChI is InChI=1S/C33H36F4N3O6P.2Na/c1-20-6-4-10-28(34)29(20)32(42)40-17-5-9-26(30(40)21-11-14-24(15-12-21)38-23-7-2-3-8-23)31(41)39-25-16-13-22(19-46-47(43,44)45)27(18-25)33(35,36)37;;/h4,6,10-16,18,23,26,30,38H,2-3,5,7-9,17,19H2,1H3,(H,39,41)(H2,43,44,45);;/q;2*+1/p-2/t26-,30-;;/m0../s1. The third-order valence-corrected chi connectivity index (χ3v) is 9.15. The Hall–Kier alpha value is -1.77. The number of hydrogen-bond donors (Lipinski definition) is 2. The van der Waals surface area contributed by atoms with Gasteiger partial charge in [0.2, 0.25) is 5.91 Å². The molecule has 3 aromatic rings. The number of anilines is 2. The summed E-state index contributed by atoms with van der Waals surface area (Å²) in [7, 11) is -5.54. The van der Waals surface area contributed by atoms with Crippen molar-refractivity contribution >= 4 is 31.0 Å². The van der Waals surface area contributed by atoms with Gasteiger partial charge in [-0.3, -0.25) is 9.59 Å². The molecule has 1 heterocycles. The molecule has 1 saturated heterocycles. The summed E-state index contributed by atoms with van der Waals surface area (Å²) in [6.07, 6.45) is 0.104. The van der Waals surface area contributed by atoms with E-state index >= 15 is 0 Å². The Bertz CT molecular complexity index is 1650. The summed E-state index contributed by atoms with van der Waals surface area (Å²) in [5.74, 6) is -2.89. The zero-order chi connectivity index (χ0) is 33.9. The normalized spacial score (nSPS) is 18.3. The molecule has 49 heavy (non-hydrogen) atoms. The third-order valence-electron chi connectivity index (χ3n) is 8.70. The molecule has 2 N–H and O–H groups in total. The van der Waals surface area contributed by atoms with Gasteiger partial charge in [-0.1, -0.05) is 43.2 Å². The second-order valence-corrected chi connectivity index (χ2v) is 13.1. The Morgan fingerprint density at radius 2 is 1.61 bits per heavy atom. The first-order valence-electron chi connectivity index (χ1n) is 15.3. The fraction of sp³-hybridized carbons (Fsp3) is 0.394. The summed E-state index contributed by atoms with van der Waals surface area (Å²) < 4.78 is 71.5. The Kier molecular flexibility index (Phi) is 15.0. The zero-order valence-electron chi connectivity index (χ0n) is 27.5. The minimum Gasteiger partial charge on any atom is -0.790 e. The molecule has 0 radical (unpaired) electrons. The molecule has 1 saturated carbocycles. The number of phosphoric ester groups is 1. The molecule has 0 aromatic heterocycles. The summed E-state index contributed by atoms with van der Waals surface area (Å²) in [4.78, 5) is 50.9. The van der Waals surface area contributed by atoms with Crippen molar-refractivity contribution in [2.75, 3.05) is 17.2 Å². The van der Waals surface area contributed by atoms with Crippen LogP contribution in [-0.2, 0) is 26.7 Å². The van der Waals surface area contributed by atoms with Crippen molar-refractivity contribution in [3.05, 3.63) is 94.3 Å². The molecule has 0 bridgehead atoms. The number of likely N-dealkylation sites (tertiary alicyclic amines) is 1. The van der Waals surface area contributed by atoms with Crippen LogP contribution in [0.25, 0.3) is 0 Å². The largest absolute Gasteiger partial charge is 1.00 e. The molecule has 1 aliphatic heterocycles. The molecule has 1 aliphatic carbocycles. The van der Waals surface area contributed by atoms with Crippen LogP contribution >= 0.6 is 7.82 Å². The Morgan fingerprint density at radius 3 is 2.22 bits per heavy atom. The number of carbonyl (C=O) groups is 2. The van der Waals surface area contributed by atoms with Gasteiger partial charge in [0, 0.05) is 24.0 Å². The summed E-state index contributed by atoms with van der Waals surface area (Å²) in [5, 5.41) is 6.01. The van der Waals surface area contributed by atoms with Gasteiger partial charge >= 0.3 is 65.3 Å². The number of benzene rings is 3. The van der Waals surface area contributed by atoms with E-state index < -0.39 is 61.3 Å². The third kappa shape index (κ3) is 10.6. The summed E-state index contributed by atoms with van der Waals surface area (Å²) in [6, 6.07) is 13.8. The Balaban J connectivity index is 0.00000325. The minimum absolute atomic E-state index is 0. The van der Waals surface area contributed by atoms with E-state index in [9.17, 15) is 41.5 Å². The number of hydrogen-bond acceptors (Lipinski definition) is 7. The summed E-state index contributed by atoms with van der Waals surface area (Å²) in [5.41, 5.74) is -0.359. The first-order valence-corrected chi connectivity index (χ1v) is 16.8. The van der Waals surface area contributed by atoms with Crippen LogP contribution in [0, 0.1) is 18.7 Å². The van der Waals surface area contributed by atoms with E-state index in [1.807, 2.05) is 12.1 Å².